The van der Waals surface area contributed by atoms with Crippen molar-refractivity contribution in [2.45, 2.75) is 73.3 Å². The Hall–Kier alpha value is -2.41. The first-order chi connectivity index (χ1) is 17.8. The van der Waals surface area contributed by atoms with Gasteiger partial charge in [-0.05, 0) is 75.3 Å². The smallest absolute Gasteiger partial charge is 0.265 e. The van der Waals surface area contributed by atoms with Gasteiger partial charge in [0.05, 0.1) is 11.2 Å². The minimum atomic E-state index is -4.08. The molecule has 2 bridgehead atoms. The van der Waals surface area contributed by atoms with Crippen molar-refractivity contribution in [2.24, 2.45) is 16.7 Å². The summed E-state index contributed by atoms with van der Waals surface area (Å²) in [4.78, 5) is 16.1. The van der Waals surface area contributed by atoms with Crippen LogP contribution in [0.25, 0.3) is 0 Å². The number of Topliss-reactive ketones (excluding diaryl/α,β-unsaturated/α-hetero) is 1. The van der Waals surface area contributed by atoms with E-state index in [-0.39, 0.29) is 21.9 Å². The average molecular weight is 553 g/mol. The van der Waals surface area contributed by atoms with Crippen molar-refractivity contribution in [1.82, 2.24) is 0 Å². The van der Waals surface area contributed by atoms with Crippen molar-refractivity contribution in [2.75, 3.05) is 5.75 Å². The quantitative estimate of drug-likeness (QED) is 0.325. The van der Waals surface area contributed by atoms with E-state index in [0.29, 0.717) is 12.8 Å². The largest absolute Gasteiger partial charge is 0.299 e. The Labute approximate surface area is 229 Å². The van der Waals surface area contributed by atoms with Crippen molar-refractivity contribution < 1.29 is 17.8 Å². The molecule has 0 heterocycles. The van der Waals surface area contributed by atoms with Crippen LogP contribution in [0, 0.1) is 16.7 Å². The van der Waals surface area contributed by atoms with E-state index in [1.165, 1.54) is 14.7 Å². The Morgan fingerprint density at radius 1 is 0.789 bits per heavy atom. The number of rotatable bonds is 5. The van der Waals surface area contributed by atoms with Crippen molar-refractivity contribution in [3.8, 4) is 0 Å². The first-order valence-electron chi connectivity index (χ1n) is 13.2. The highest BCUT2D eigenvalue weighted by Gasteiger charge is 2.65. The molecule has 0 radical (unpaired) electrons. The van der Waals surface area contributed by atoms with Crippen LogP contribution in [0.15, 0.2) is 106 Å². The minimum Gasteiger partial charge on any atom is -0.299 e. The van der Waals surface area contributed by atoms with Crippen molar-refractivity contribution >= 4 is 25.9 Å². The van der Waals surface area contributed by atoms with Crippen LogP contribution < -0.4 is 0 Å². The first-order valence-corrected chi connectivity index (χ1v) is 16.5. The summed E-state index contributed by atoms with van der Waals surface area (Å²) in [7, 11) is -5.42. The summed E-state index contributed by atoms with van der Waals surface area (Å²) >= 11 is 0. The molecule has 2 fully saturated rings. The molecule has 0 saturated heterocycles. The molecule has 0 spiro atoms. The summed E-state index contributed by atoms with van der Waals surface area (Å²) in [5, 5.41) is 0. The molecule has 2 unspecified atom stereocenters. The highest BCUT2D eigenvalue weighted by Crippen LogP contribution is 2.75. The Morgan fingerprint density at radius 3 is 1.45 bits per heavy atom. The highest BCUT2D eigenvalue weighted by molar-refractivity contribution is 8.34. The fourth-order valence-electron chi connectivity index (χ4n) is 6.76. The predicted octanol–water partition coefficient (Wildman–Crippen LogP) is 8.04. The Morgan fingerprint density at radius 2 is 1.18 bits per heavy atom. The van der Waals surface area contributed by atoms with Gasteiger partial charge >= 0.3 is 0 Å². The summed E-state index contributed by atoms with van der Waals surface area (Å²) in [6.45, 7) is 11.0. The van der Waals surface area contributed by atoms with Crippen molar-refractivity contribution in [1.29, 1.82) is 0 Å². The molecule has 0 amide bonds. The van der Waals surface area contributed by atoms with Crippen LogP contribution in [0.1, 0.15) is 53.9 Å². The van der Waals surface area contributed by atoms with Gasteiger partial charge in [-0.15, -0.1) is 0 Å². The van der Waals surface area contributed by atoms with Gasteiger partial charge in [0.15, 0.2) is 0 Å². The summed E-state index contributed by atoms with van der Waals surface area (Å²) in [6.07, 6.45) is 1.97. The first kappa shape index (κ1) is 28.6. The second kappa shape index (κ2) is 10.3. The van der Waals surface area contributed by atoms with Crippen LogP contribution in [0.2, 0.25) is 0 Å². The molecule has 0 aliphatic heterocycles. The molecule has 2 aliphatic carbocycles. The highest BCUT2D eigenvalue weighted by atomic mass is 32.3. The van der Waals surface area contributed by atoms with Crippen LogP contribution in [-0.4, -0.2) is 29.3 Å². The van der Waals surface area contributed by atoms with Crippen LogP contribution in [0.3, 0.4) is 0 Å². The second-order valence-electron chi connectivity index (χ2n) is 12.1. The van der Waals surface area contributed by atoms with Gasteiger partial charge in [0.25, 0.3) is 10.1 Å². The zero-order valence-corrected chi connectivity index (χ0v) is 24.7. The number of hydrogen-bond donors (Lipinski definition) is 1. The third-order valence-electron chi connectivity index (χ3n) is 8.78. The molecule has 2 saturated carbocycles. The maximum absolute atomic E-state index is 11.9. The predicted molar refractivity (Wildman–Crippen MR) is 156 cm³/mol. The van der Waals surface area contributed by atoms with Crippen molar-refractivity contribution in [3.05, 3.63) is 91.0 Å². The third kappa shape index (κ3) is 4.87. The van der Waals surface area contributed by atoms with Crippen molar-refractivity contribution in [3.63, 3.8) is 0 Å². The fraction of sp³-hybridized carbons (Fsp3) is 0.406. The number of fused-ring (bicyclic) bond motifs is 2. The van der Waals surface area contributed by atoms with E-state index < -0.39 is 31.3 Å². The van der Waals surface area contributed by atoms with Crippen LogP contribution in [0.4, 0.5) is 0 Å². The topological polar surface area (TPSA) is 71.4 Å². The molecule has 5 rings (SSSR count). The van der Waals surface area contributed by atoms with E-state index >= 15 is 0 Å². The SMILES string of the molecule is CC(C)(C)S(c1ccccc1)(c1ccccc1)c1ccccc1.CC1(C)C2CCC1(CS(=O)(=O)O)C(=O)C2. The van der Waals surface area contributed by atoms with Gasteiger partial charge in [-0.25, -0.2) is 0 Å². The molecular formula is C32H40O4S2. The van der Waals surface area contributed by atoms with Gasteiger partial charge in [0.1, 0.15) is 5.78 Å². The van der Waals surface area contributed by atoms with Crippen LogP contribution >= 0.6 is 10.0 Å². The maximum atomic E-state index is 11.9. The molecule has 38 heavy (non-hydrogen) atoms. The van der Waals surface area contributed by atoms with E-state index in [1.54, 1.807) is 0 Å². The van der Waals surface area contributed by atoms with E-state index in [0.717, 1.165) is 6.42 Å². The van der Waals surface area contributed by atoms with E-state index in [9.17, 15) is 13.2 Å². The molecule has 0 aromatic heterocycles. The zero-order chi connectivity index (χ0) is 27.8. The normalized spacial score (nSPS) is 23.0. The lowest BCUT2D eigenvalue weighted by atomic mass is 9.70. The standard InChI is InChI=1S/C22H24S.C10H16O4S/c1-22(2,3)23(19-13-7-4-8-14-19,20-15-9-5-10-16-20)21-17-11-6-12-18-21;1-9(2)7-3-4-10(9,8(11)5-7)6-15(12,13)14/h4-18H,1-3H3;7H,3-6H2,1-2H3,(H,12,13,14). The Bertz CT molecular complexity index is 1260. The number of benzene rings is 3. The summed E-state index contributed by atoms with van der Waals surface area (Å²) in [5.41, 5.74) is -1.12. The molecule has 3 aromatic carbocycles. The van der Waals surface area contributed by atoms with E-state index in [1.807, 2.05) is 13.8 Å². The monoisotopic (exact) mass is 552 g/mol. The molecule has 1 N–H and O–H groups in total. The molecule has 204 valence electrons. The Balaban J connectivity index is 0.000000194. The lowest BCUT2D eigenvalue weighted by Gasteiger charge is -2.51. The maximum Gasteiger partial charge on any atom is 0.265 e. The minimum absolute atomic E-state index is 0.0152. The number of hydrogen-bond acceptors (Lipinski definition) is 3. The molecule has 2 aliphatic rings. The molecular weight excluding hydrogens is 512 g/mol. The summed E-state index contributed by atoms with van der Waals surface area (Å²) < 4.78 is 31.1. The lowest BCUT2D eigenvalue weighted by Crippen LogP contribution is -2.42. The van der Waals surface area contributed by atoms with Gasteiger partial charge in [-0.2, -0.15) is 18.4 Å². The van der Waals surface area contributed by atoms with Gasteiger partial charge < -0.3 is 0 Å². The van der Waals surface area contributed by atoms with Crippen LogP contribution in [-0.2, 0) is 14.9 Å². The van der Waals surface area contributed by atoms with E-state index in [4.69, 9.17) is 4.55 Å². The summed E-state index contributed by atoms with van der Waals surface area (Å²) in [6, 6.07) is 33.0. The molecule has 6 heteroatoms. The number of carbonyl (C=O) groups excluding carboxylic acids is 1. The van der Waals surface area contributed by atoms with Gasteiger partial charge in [-0.3, -0.25) is 9.35 Å². The van der Waals surface area contributed by atoms with E-state index in [2.05, 4.69) is 112 Å². The molecule has 3 aromatic rings. The molecule has 2 atom stereocenters. The van der Waals surface area contributed by atoms with Gasteiger partial charge in [0.2, 0.25) is 0 Å². The lowest BCUT2D eigenvalue weighted by molar-refractivity contribution is -0.128. The zero-order valence-electron chi connectivity index (χ0n) is 23.1. The third-order valence-corrected chi connectivity index (χ3v) is 14.4. The van der Waals surface area contributed by atoms with Crippen LogP contribution in [0.5, 0.6) is 0 Å². The van der Waals surface area contributed by atoms with Gasteiger partial charge in [0, 0.05) is 11.2 Å². The van der Waals surface area contributed by atoms with Gasteiger partial charge in [-0.1, -0.05) is 89.2 Å². The molecule has 4 nitrogen and oxygen atoms in total. The Kier molecular flexibility index (Phi) is 7.74. The number of carbonyl (C=O) groups is 1. The second-order valence-corrected chi connectivity index (χ2v) is 17.4. The summed E-state index contributed by atoms with van der Waals surface area (Å²) in [5.74, 6) is -0.101. The average Bonchev–Trinajstić information content (AvgIpc) is 3.19. The fourth-order valence-corrected chi connectivity index (χ4v) is 12.7. The number of ketones is 1.